The maximum Gasteiger partial charge on any atom is 0.305 e. The number of aliphatic hydroxyl groups excluding tert-OH is 1. The number of H-pyrrole nitrogens is 1. The van der Waals surface area contributed by atoms with E-state index in [1.807, 2.05) is 6.07 Å². The standard InChI is InChI=1S/C26H29N3O3S/c30-22-11-10-21(25-24(22)29-26(32)33-25)23(31)17-28-15-13-19-6-8-20(9-7-19)16-27-14-12-18-4-2-1-3-5-18/h1-11,23,27-28,30-31H,12-17H2,(H,29,32)/t23-/m0/s1. The maximum atomic E-state index is 11.6. The molecule has 4 aromatic rings. The number of thiazole rings is 1. The monoisotopic (exact) mass is 463 g/mol. The summed E-state index contributed by atoms with van der Waals surface area (Å²) in [6, 6.07) is 22.2. The van der Waals surface area contributed by atoms with Gasteiger partial charge in [0.15, 0.2) is 0 Å². The summed E-state index contributed by atoms with van der Waals surface area (Å²) in [4.78, 5) is 14.0. The van der Waals surface area contributed by atoms with Crippen molar-refractivity contribution in [2.45, 2.75) is 25.5 Å². The number of hydrogen-bond acceptors (Lipinski definition) is 6. The highest BCUT2D eigenvalue weighted by Crippen LogP contribution is 2.31. The first-order valence-electron chi connectivity index (χ1n) is 11.2. The number of rotatable bonds is 11. The third-order valence-electron chi connectivity index (χ3n) is 5.66. The Hall–Kier alpha value is -2.97. The number of aromatic amines is 1. The van der Waals surface area contributed by atoms with Crippen LogP contribution in [0.15, 0.2) is 71.5 Å². The van der Waals surface area contributed by atoms with E-state index in [0.29, 0.717) is 22.3 Å². The van der Waals surface area contributed by atoms with Gasteiger partial charge in [0.1, 0.15) is 11.3 Å². The van der Waals surface area contributed by atoms with Crippen LogP contribution in [0.2, 0.25) is 0 Å². The van der Waals surface area contributed by atoms with E-state index in [9.17, 15) is 15.0 Å². The van der Waals surface area contributed by atoms with Gasteiger partial charge in [0.2, 0.25) is 0 Å². The normalized spacial score (nSPS) is 12.3. The van der Waals surface area contributed by atoms with Crippen LogP contribution in [-0.4, -0.2) is 34.8 Å². The van der Waals surface area contributed by atoms with E-state index in [1.54, 1.807) is 6.07 Å². The van der Waals surface area contributed by atoms with Gasteiger partial charge in [0.25, 0.3) is 0 Å². The maximum absolute atomic E-state index is 11.6. The molecule has 0 aliphatic rings. The van der Waals surface area contributed by atoms with Crippen LogP contribution < -0.4 is 15.5 Å². The Bertz CT molecular complexity index is 1220. The zero-order valence-electron chi connectivity index (χ0n) is 18.4. The van der Waals surface area contributed by atoms with E-state index in [2.05, 4.69) is 64.1 Å². The second kappa shape index (κ2) is 11.2. The van der Waals surface area contributed by atoms with Crippen molar-refractivity contribution in [3.05, 3.63) is 98.7 Å². The SMILES string of the molecule is O=c1[nH]c2c(O)ccc([C@@H](O)CNCCc3ccc(CNCCc4ccccc4)cc3)c2s1. The van der Waals surface area contributed by atoms with Crippen molar-refractivity contribution in [2.75, 3.05) is 19.6 Å². The number of hydrogen-bond donors (Lipinski definition) is 5. The number of nitrogens with one attached hydrogen (secondary N) is 3. The van der Waals surface area contributed by atoms with Crippen molar-refractivity contribution in [1.82, 2.24) is 15.6 Å². The molecule has 1 aromatic heterocycles. The summed E-state index contributed by atoms with van der Waals surface area (Å²) in [5.74, 6) is 0.0158. The lowest BCUT2D eigenvalue weighted by atomic mass is 10.1. The molecule has 1 heterocycles. The number of fused-ring (bicyclic) bond motifs is 1. The highest BCUT2D eigenvalue weighted by atomic mass is 32.1. The molecule has 0 saturated carbocycles. The van der Waals surface area contributed by atoms with Crippen LogP contribution in [0.5, 0.6) is 5.75 Å². The summed E-state index contributed by atoms with van der Waals surface area (Å²) in [7, 11) is 0. The molecule has 4 rings (SSSR count). The fourth-order valence-electron chi connectivity index (χ4n) is 3.82. The van der Waals surface area contributed by atoms with Gasteiger partial charge in [-0.1, -0.05) is 72.0 Å². The fourth-order valence-corrected chi connectivity index (χ4v) is 4.74. The van der Waals surface area contributed by atoms with Gasteiger partial charge >= 0.3 is 4.87 Å². The quantitative estimate of drug-likeness (QED) is 0.219. The second-order valence-electron chi connectivity index (χ2n) is 8.09. The lowest BCUT2D eigenvalue weighted by molar-refractivity contribution is 0.176. The molecular weight excluding hydrogens is 434 g/mol. The largest absolute Gasteiger partial charge is 0.506 e. The number of phenolic OH excluding ortho intramolecular Hbond substituents is 1. The zero-order chi connectivity index (χ0) is 23.0. The van der Waals surface area contributed by atoms with E-state index in [1.165, 1.54) is 22.8 Å². The average Bonchev–Trinajstić information content (AvgIpc) is 3.23. The van der Waals surface area contributed by atoms with Gasteiger partial charge < -0.3 is 25.8 Å². The van der Waals surface area contributed by atoms with Crippen LogP contribution >= 0.6 is 11.3 Å². The van der Waals surface area contributed by atoms with E-state index < -0.39 is 6.10 Å². The minimum Gasteiger partial charge on any atom is -0.506 e. The van der Waals surface area contributed by atoms with Crippen molar-refractivity contribution < 1.29 is 10.2 Å². The number of aliphatic hydroxyl groups is 1. The summed E-state index contributed by atoms with van der Waals surface area (Å²) in [6.07, 6.45) is 1.12. The molecule has 0 radical (unpaired) electrons. The molecule has 0 amide bonds. The summed E-state index contributed by atoms with van der Waals surface area (Å²) < 4.78 is 0.599. The first-order valence-corrected chi connectivity index (χ1v) is 12.0. The Kier molecular flexibility index (Phi) is 7.91. The Labute approximate surface area is 196 Å². The first kappa shape index (κ1) is 23.2. The van der Waals surface area contributed by atoms with Gasteiger partial charge in [-0.25, -0.2) is 0 Å². The molecule has 33 heavy (non-hydrogen) atoms. The van der Waals surface area contributed by atoms with Gasteiger partial charge in [-0.05, 0) is 48.7 Å². The predicted molar refractivity (Wildman–Crippen MR) is 134 cm³/mol. The molecule has 172 valence electrons. The minimum absolute atomic E-state index is 0.0158. The van der Waals surface area contributed by atoms with Gasteiger partial charge in [0.05, 0.1) is 10.8 Å². The molecule has 6 nitrogen and oxygen atoms in total. The first-order chi connectivity index (χ1) is 16.1. The zero-order valence-corrected chi connectivity index (χ0v) is 19.2. The van der Waals surface area contributed by atoms with Crippen LogP contribution in [0, 0.1) is 0 Å². The van der Waals surface area contributed by atoms with Crippen LogP contribution in [0.3, 0.4) is 0 Å². The Balaban J connectivity index is 1.19. The highest BCUT2D eigenvalue weighted by Gasteiger charge is 2.15. The molecule has 0 fully saturated rings. The van der Waals surface area contributed by atoms with Gasteiger partial charge in [-0.15, -0.1) is 0 Å². The lowest BCUT2D eigenvalue weighted by Crippen LogP contribution is -2.23. The molecule has 0 aliphatic carbocycles. The van der Waals surface area contributed by atoms with E-state index in [0.717, 1.165) is 43.8 Å². The predicted octanol–water partition coefficient (Wildman–Crippen LogP) is 3.49. The molecule has 0 saturated heterocycles. The van der Waals surface area contributed by atoms with Crippen molar-refractivity contribution in [2.24, 2.45) is 0 Å². The third kappa shape index (κ3) is 6.30. The highest BCUT2D eigenvalue weighted by molar-refractivity contribution is 7.16. The van der Waals surface area contributed by atoms with Crippen molar-refractivity contribution >= 4 is 21.6 Å². The number of benzene rings is 3. The molecule has 1 atom stereocenters. The third-order valence-corrected chi connectivity index (χ3v) is 6.59. The topological polar surface area (TPSA) is 97.4 Å². The number of aromatic hydroxyl groups is 1. The van der Waals surface area contributed by atoms with Crippen molar-refractivity contribution in [3.63, 3.8) is 0 Å². The molecule has 0 aliphatic heterocycles. The molecule has 7 heteroatoms. The lowest BCUT2D eigenvalue weighted by Gasteiger charge is -2.13. The van der Waals surface area contributed by atoms with E-state index >= 15 is 0 Å². The van der Waals surface area contributed by atoms with E-state index in [-0.39, 0.29) is 10.6 Å². The summed E-state index contributed by atoms with van der Waals surface area (Å²) in [6.45, 7) is 2.90. The Morgan fingerprint density at radius 2 is 1.52 bits per heavy atom. The Morgan fingerprint density at radius 3 is 2.27 bits per heavy atom. The molecule has 0 spiro atoms. The summed E-state index contributed by atoms with van der Waals surface area (Å²) in [5, 5.41) is 27.2. The van der Waals surface area contributed by atoms with E-state index in [4.69, 9.17) is 0 Å². The van der Waals surface area contributed by atoms with Gasteiger partial charge in [-0.2, -0.15) is 0 Å². The smallest absolute Gasteiger partial charge is 0.305 e. The number of phenols is 1. The van der Waals surface area contributed by atoms with Crippen LogP contribution in [0.4, 0.5) is 0 Å². The van der Waals surface area contributed by atoms with Crippen molar-refractivity contribution in [1.29, 1.82) is 0 Å². The molecule has 5 N–H and O–H groups in total. The van der Waals surface area contributed by atoms with Crippen LogP contribution in [0.25, 0.3) is 10.2 Å². The van der Waals surface area contributed by atoms with Crippen LogP contribution in [-0.2, 0) is 19.4 Å². The van der Waals surface area contributed by atoms with Crippen molar-refractivity contribution in [3.8, 4) is 5.75 Å². The molecular formula is C26H29N3O3S. The minimum atomic E-state index is -0.760. The molecule has 0 unspecified atom stereocenters. The van der Waals surface area contributed by atoms with Gasteiger partial charge in [-0.3, -0.25) is 4.79 Å². The second-order valence-corrected chi connectivity index (χ2v) is 9.07. The summed E-state index contributed by atoms with van der Waals surface area (Å²) in [5.41, 5.74) is 4.87. The van der Waals surface area contributed by atoms with Crippen LogP contribution in [0.1, 0.15) is 28.4 Å². The summed E-state index contributed by atoms with van der Waals surface area (Å²) >= 11 is 1.00. The molecule has 3 aromatic carbocycles. The molecule has 0 bridgehead atoms. The number of aromatic nitrogens is 1. The fraction of sp³-hybridized carbons (Fsp3) is 0.269. The average molecular weight is 464 g/mol. The Morgan fingerprint density at radius 1 is 0.848 bits per heavy atom. The van der Waals surface area contributed by atoms with Gasteiger partial charge in [0, 0.05) is 18.7 Å².